The molecule has 2 rings (SSSR count). The average Bonchev–Trinajstić information content (AvgIpc) is 2.37. The van der Waals surface area contributed by atoms with Crippen molar-refractivity contribution >= 4 is 5.91 Å². The second kappa shape index (κ2) is 6.33. The number of carbonyl (C=O) groups excluding carboxylic acids is 1. The number of aromatic nitrogens is 1. The molecular weight excluding hydrogens is 219 g/mol. The maximum absolute atomic E-state index is 12.6. The van der Waals surface area contributed by atoms with Gasteiger partial charge in [0.2, 0.25) is 0 Å². The van der Waals surface area contributed by atoms with E-state index in [0.29, 0.717) is 5.69 Å². The molecule has 17 heavy (non-hydrogen) atoms. The molecule has 1 aromatic heterocycles. The predicted octanol–water partition coefficient (Wildman–Crippen LogP) is 2.46. The number of hydrogen-bond acceptors (Lipinski definition) is 2. The van der Waals surface area contributed by atoms with Crippen LogP contribution >= 0.6 is 0 Å². The zero-order valence-corrected chi connectivity index (χ0v) is 10.6. The van der Waals surface area contributed by atoms with Gasteiger partial charge in [0.1, 0.15) is 11.9 Å². The molecule has 1 aliphatic heterocycles. The Morgan fingerprint density at radius 2 is 2.12 bits per heavy atom. The van der Waals surface area contributed by atoms with E-state index in [2.05, 4.69) is 4.98 Å². The molecule has 0 radical (unpaired) electrons. The van der Waals surface area contributed by atoms with Gasteiger partial charge in [-0.15, -0.1) is 0 Å². The third kappa shape index (κ3) is 3.25. The van der Waals surface area contributed by atoms with Gasteiger partial charge in [0, 0.05) is 5.69 Å². The van der Waals surface area contributed by atoms with Crippen LogP contribution in [0.5, 0.6) is 0 Å². The number of rotatable bonds is 2. The zero-order valence-electron chi connectivity index (χ0n) is 10.6. The summed E-state index contributed by atoms with van der Waals surface area (Å²) in [4.78, 5) is 17.4. The molecule has 3 nitrogen and oxygen atoms in total. The topological polar surface area (TPSA) is 33.2 Å². The lowest BCUT2D eigenvalue weighted by Gasteiger charge is -2.33. The van der Waals surface area contributed by atoms with Crippen LogP contribution in [0.2, 0.25) is 0 Å². The number of pyridine rings is 1. The quantitative estimate of drug-likeness (QED) is 0.793. The fraction of sp³-hybridized carbons (Fsp3) is 0.538. The van der Waals surface area contributed by atoms with Crippen molar-refractivity contribution in [2.45, 2.75) is 33.4 Å². The highest BCUT2D eigenvalue weighted by atomic mass is 19.1. The smallest absolute Gasteiger partial charge is 0.272 e. The van der Waals surface area contributed by atoms with E-state index in [-0.39, 0.29) is 19.0 Å². The standard InChI is InChI=1S/C11H13FN2O.C2H6/c1-2-9-4-3-5-10(13-9)11(15)14-6-8(12)7-14;1-2/h3-5,8H,2,6-7H2,1H3;1-2H3. The lowest BCUT2D eigenvalue weighted by molar-refractivity contribution is 0.0394. The molecule has 0 saturated carbocycles. The van der Waals surface area contributed by atoms with Crippen LogP contribution in [0.4, 0.5) is 4.39 Å². The summed E-state index contributed by atoms with van der Waals surface area (Å²) < 4.78 is 12.6. The summed E-state index contributed by atoms with van der Waals surface area (Å²) in [5.74, 6) is -0.167. The minimum atomic E-state index is -0.858. The molecule has 2 heterocycles. The Hall–Kier alpha value is -1.45. The number of alkyl halides is 1. The molecule has 0 aliphatic carbocycles. The summed E-state index contributed by atoms with van der Waals surface area (Å²) in [6, 6.07) is 5.36. The third-order valence-corrected chi connectivity index (χ3v) is 2.51. The molecule has 0 N–H and O–H groups in total. The Labute approximate surface area is 102 Å². The summed E-state index contributed by atoms with van der Waals surface area (Å²) in [7, 11) is 0. The number of likely N-dealkylation sites (tertiary alicyclic amines) is 1. The molecule has 0 aromatic carbocycles. The second-order valence-corrected chi connectivity index (χ2v) is 3.68. The van der Waals surface area contributed by atoms with E-state index in [4.69, 9.17) is 0 Å². The number of nitrogens with zero attached hydrogens (tertiary/aromatic N) is 2. The third-order valence-electron chi connectivity index (χ3n) is 2.51. The minimum absolute atomic E-state index is 0.167. The normalized spacial score (nSPS) is 14.7. The zero-order chi connectivity index (χ0) is 12.8. The first-order valence-electron chi connectivity index (χ1n) is 6.10. The molecule has 1 aliphatic rings. The van der Waals surface area contributed by atoms with E-state index < -0.39 is 6.17 Å². The van der Waals surface area contributed by atoms with Gasteiger partial charge < -0.3 is 4.90 Å². The number of halogens is 1. The van der Waals surface area contributed by atoms with Crippen molar-refractivity contribution in [3.05, 3.63) is 29.6 Å². The van der Waals surface area contributed by atoms with Gasteiger partial charge in [0.05, 0.1) is 13.1 Å². The summed E-state index contributed by atoms with van der Waals surface area (Å²) in [6.45, 7) is 6.39. The van der Waals surface area contributed by atoms with Gasteiger partial charge in [-0.25, -0.2) is 9.37 Å². The van der Waals surface area contributed by atoms with Crippen molar-refractivity contribution < 1.29 is 9.18 Å². The number of amides is 1. The first-order valence-corrected chi connectivity index (χ1v) is 6.10. The summed E-state index contributed by atoms with van der Waals surface area (Å²) >= 11 is 0. The Balaban J connectivity index is 0.000000686. The lowest BCUT2D eigenvalue weighted by atomic mass is 10.1. The highest BCUT2D eigenvalue weighted by Gasteiger charge is 2.31. The molecule has 1 amide bonds. The fourth-order valence-corrected chi connectivity index (χ4v) is 1.55. The van der Waals surface area contributed by atoms with E-state index in [9.17, 15) is 9.18 Å². The van der Waals surface area contributed by atoms with E-state index in [1.165, 1.54) is 4.90 Å². The van der Waals surface area contributed by atoms with E-state index >= 15 is 0 Å². The number of aryl methyl sites for hydroxylation is 1. The van der Waals surface area contributed by atoms with Crippen LogP contribution in [0.15, 0.2) is 18.2 Å². The van der Waals surface area contributed by atoms with E-state index in [1.54, 1.807) is 6.07 Å². The first kappa shape index (κ1) is 13.6. The summed E-state index contributed by atoms with van der Waals surface area (Å²) in [5, 5.41) is 0. The molecule has 0 bridgehead atoms. The van der Waals surface area contributed by atoms with Gasteiger partial charge in [-0.3, -0.25) is 4.79 Å². The maximum atomic E-state index is 12.6. The predicted molar refractivity (Wildman–Crippen MR) is 65.8 cm³/mol. The van der Waals surface area contributed by atoms with Crippen molar-refractivity contribution in [1.82, 2.24) is 9.88 Å². The largest absolute Gasteiger partial charge is 0.331 e. The van der Waals surface area contributed by atoms with E-state index in [0.717, 1.165) is 12.1 Å². The maximum Gasteiger partial charge on any atom is 0.272 e. The van der Waals surface area contributed by atoms with Crippen LogP contribution in [0, 0.1) is 0 Å². The summed E-state index contributed by atoms with van der Waals surface area (Å²) in [6.07, 6.45) is -0.0596. The Morgan fingerprint density at radius 3 is 2.65 bits per heavy atom. The molecular formula is C13H19FN2O. The molecule has 0 atom stereocenters. The molecule has 1 saturated heterocycles. The van der Waals surface area contributed by atoms with Crippen LogP contribution in [0.3, 0.4) is 0 Å². The van der Waals surface area contributed by atoms with Gasteiger partial charge in [0.15, 0.2) is 0 Å². The fourth-order valence-electron chi connectivity index (χ4n) is 1.55. The molecule has 1 fully saturated rings. The monoisotopic (exact) mass is 238 g/mol. The number of hydrogen-bond donors (Lipinski definition) is 0. The molecule has 94 valence electrons. The van der Waals surface area contributed by atoms with Crippen molar-refractivity contribution in [3.8, 4) is 0 Å². The van der Waals surface area contributed by atoms with Crippen molar-refractivity contribution in [2.75, 3.05) is 13.1 Å². The SMILES string of the molecule is CC.CCc1cccc(C(=O)N2CC(F)C2)n1. The molecule has 0 spiro atoms. The highest BCUT2D eigenvalue weighted by Crippen LogP contribution is 2.14. The Bertz CT molecular complexity index is 375. The lowest BCUT2D eigenvalue weighted by Crippen LogP contribution is -2.51. The van der Waals surface area contributed by atoms with Crippen molar-refractivity contribution in [2.24, 2.45) is 0 Å². The molecule has 0 unspecified atom stereocenters. The second-order valence-electron chi connectivity index (χ2n) is 3.68. The number of carbonyl (C=O) groups is 1. The van der Waals surface area contributed by atoms with Gasteiger partial charge in [-0.1, -0.05) is 26.8 Å². The van der Waals surface area contributed by atoms with Gasteiger partial charge in [0.25, 0.3) is 5.91 Å². The van der Waals surface area contributed by atoms with Gasteiger partial charge >= 0.3 is 0 Å². The van der Waals surface area contributed by atoms with E-state index in [1.807, 2.05) is 32.9 Å². The summed E-state index contributed by atoms with van der Waals surface area (Å²) in [5.41, 5.74) is 1.31. The van der Waals surface area contributed by atoms with Crippen molar-refractivity contribution in [3.63, 3.8) is 0 Å². The van der Waals surface area contributed by atoms with Crippen LogP contribution in [0.1, 0.15) is 37.0 Å². The average molecular weight is 238 g/mol. The minimum Gasteiger partial charge on any atom is -0.331 e. The van der Waals surface area contributed by atoms with Crippen LogP contribution in [-0.2, 0) is 6.42 Å². The van der Waals surface area contributed by atoms with Gasteiger partial charge in [-0.05, 0) is 18.6 Å². The Morgan fingerprint density at radius 1 is 1.47 bits per heavy atom. The first-order chi connectivity index (χ1) is 8.20. The van der Waals surface area contributed by atoms with Crippen LogP contribution in [0.25, 0.3) is 0 Å². The van der Waals surface area contributed by atoms with Crippen LogP contribution in [-0.4, -0.2) is 35.1 Å². The van der Waals surface area contributed by atoms with Crippen molar-refractivity contribution in [1.29, 1.82) is 0 Å². The van der Waals surface area contributed by atoms with Crippen LogP contribution < -0.4 is 0 Å². The molecule has 4 heteroatoms. The molecule has 1 aromatic rings. The van der Waals surface area contributed by atoms with Gasteiger partial charge in [-0.2, -0.15) is 0 Å². The highest BCUT2D eigenvalue weighted by molar-refractivity contribution is 5.92. The Kier molecular flexibility index (Phi) is 5.07.